The Balaban J connectivity index is 1.27. The fourth-order valence-electron chi connectivity index (χ4n) is 4.41. The zero-order valence-electron chi connectivity index (χ0n) is 18.6. The molecule has 8 nitrogen and oxygen atoms in total. The summed E-state index contributed by atoms with van der Waals surface area (Å²) in [4.78, 5) is 55.0. The Morgan fingerprint density at radius 1 is 1.09 bits per heavy atom. The van der Waals surface area contributed by atoms with Crippen molar-refractivity contribution in [2.45, 2.75) is 45.6 Å². The molecule has 1 saturated heterocycles. The van der Waals surface area contributed by atoms with Crippen LogP contribution in [0.4, 0.5) is 0 Å². The number of benzene rings is 1. The largest absolute Gasteiger partial charge is 0.455 e. The molecule has 1 aromatic carbocycles. The number of fused-ring (bicyclic) bond motifs is 1. The van der Waals surface area contributed by atoms with Crippen molar-refractivity contribution < 1.29 is 23.9 Å². The maximum absolute atomic E-state index is 12.5. The van der Waals surface area contributed by atoms with Gasteiger partial charge < -0.3 is 9.30 Å². The van der Waals surface area contributed by atoms with E-state index in [9.17, 15) is 19.2 Å². The fourth-order valence-corrected chi connectivity index (χ4v) is 5.15. The molecule has 0 bridgehead atoms. The van der Waals surface area contributed by atoms with Gasteiger partial charge in [-0.3, -0.25) is 24.1 Å². The zero-order valence-corrected chi connectivity index (χ0v) is 19.4. The van der Waals surface area contributed by atoms with Crippen molar-refractivity contribution in [3.05, 3.63) is 51.8 Å². The molecular formula is C24H27N3O5S. The van der Waals surface area contributed by atoms with E-state index in [0.717, 1.165) is 31.2 Å². The number of esters is 1. The first kappa shape index (κ1) is 23.1. The molecule has 1 saturated carbocycles. The summed E-state index contributed by atoms with van der Waals surface area (Å²) in [6.45, 7) is 2.12. The highest BCUT2D eigenvalue weighted by Gasteiger charge is 2.47. The molecule has 2 fully saturated rings. The number of carbonyl (C=O) groups excluding carboxylic acids is 4. The number of hydrogen-bond acceptors (Lipinski definition) is 6. The Labute approximate surface area is 195 Å². The van der Waals surface area contributed by atoms with E-state index in [1.165, 1.54) is 21.8 Å². The summed E-state index contributed by atoms with van der Waals surface area (Å²) in [6, 6.07) is 8.11. The number of likely N-dealkylation sites (tertiary alicyclic amines) is 1. The molecule has 1 aliphatic carbocycles. The Morgan fingerprint density at radius 3 is 2.42 bits per heavy atom. The first-order valence-corrected chi connectivity index (χ1v) is 12.1. The molecule has 0 radical (unpaired) electrons. The molecule has 2 atom stereocenters. The number of ether oxygens (including phenoxy) is 1. The molecule has 2 aromatic rings. The molecule has 174 valence electrons. The standard InChI is InChI=1S/C24H27N3O5S/c1-16-6-8-17(9-7-16)14-26-12-13-33-24(26)25-20(28)15-32-21(29)10-11-27-22(30)18-4-2-3-5-19(18)23(27)31/h6-9,12-13,18-19H,2-5,10-11,14-15H2,1H3/t18-,19-/m0/s1. The van der Waals surface area contributed by atoms with Crippen LogP contribution in [0.5, 0.6) is 0 Å². The normalized spacial score (nSPS) is 20.8. The van der Waals surface area contributed by atoms with Gasteiger partial charge in [-0.25, -0.2) is 0 Å². The Bertz CT molecular complexity index is 1090. The molecule has 1 aromatic heterocycles. The van der Waals surface area contributed by atoms with Crippen molar-refractivity contribution in [1.82, 2.24) is 9.47 Å². The maximum Gasteiger partial charge on any atom is 0.308 e. The van der Waals surface area contributed by atoms with Crippen LogP contribution in [0.2, 0.25) is 0 Å². The van der Waals surface area contributed by atoms with Crippen LogP contribution >= 0.6 is 11.3 Å². The van der Waals surface area contributed by atoms with Crippen LogP contribution in [0.3, 0.4) is 0 Å². The van der Waals surface area contributed by atoms with Crippen LogP contribution in [0.25, 0.3) is 0 Å². The summed E-state index contributed by atoms with van der Waals surface area (Å²) in [5, 5.41) is 1.84. The molecule has 0 N–H and O–H groups in total. The third-order valence-corrected chi connectivity index (χ3v) is 6.98. The number of amides is 3. The first-order valence-electron chi connectivity index (χ1n) is 11.2. The van der Waals surface area contributed by atoms with E-state index < -0.39 is 18.5 Å². The topological polar surface area (TPSA) is 98.0 Å². The van der Waals surface area contributed by atoms with Gasteiger partial charge >= 0.3 is 5.97 Å². The van der Waals surface area contributed by atoms with E-state index in [1.54, 1.807) is 0 Å². The lowest BCUT2D eigenvalue weighted by atomic mass is 9.81. The van der Waals surface area contributed by atoms with Gasteiger partial charge in [-0.2, -0.15) is 4.99 Å². The molecule has 0 unspecified atom stereocenters. The van der Waals surface area contributed by atoms with Crippen LogP contribution in [-0.2, 0) is 30.5 Å². The van der Waals surface area contributed by atoms with E-state index in [1.807, 2.05) is 47.3 Å². The van der Waals surface area contributed by atoms with Crippen LogP contribution in [0, 0.1) is 18.8 Å². The van der Waals surface area contributed by atoms with Gasteiger partial charge in [0.05, 0.1) is 18.3 Å². The van der Waals surface area contributed by atoms with Crippen molar-refractivity contribution in [2.75, 3.05) is 13.2 Å². The summed E-state index contributed by atoms with van der Waals surface area (Å²) >= 11 is 1.33. The summed E-state index contributed by atoms with van der Waals surface area (Å²) in [6.07, 6.45) is 5.10. The second-order valence-corrected chi connectivity index (χ2v) is 9.41. The van der Waals surface area contributed by atoms with Crippen molar-refractivity contribution in [3.8, 4) is 0 Å². The lowest BCUT2D eigenvalue weighted by Crippen LogP contribution is -2.33. The highest BCUT2D eigenvalue weighted by atomic mass is 32.1. The lowest BCUT2D eigenvalue weighted by molar-refractivity contribution is -0.149. The Morgan fingerprint density at radius 2 is 1.76 bits per heavy atom. The second-order valence-electron chi connectivity index (χ2n) is 8.54. The van der Waals surface area contributed by atoms with Crippen molar-refractivity contribution in [3.63, 3.8) is 0 Å². The summed E-state index contributed by atoms with van der Waals surface area (Å²) in [5.41, 5.74) is 2.26. The number of imide groups is 1. The molecule has 3 amide bonds. The van der Waals surface area contributed by atoms with E-state index in [0.29, 0.717) is 11.3 Å². The quantitative estimate of drug-likeness (QED) is 0.458. The number of nitrogens with zero attached hydrogens (tertiary/aromatic N) is 3. The smallest absolute Gasteiger partial charge is 0.308 e. The fraction of sp³-hybridized carbons (Fsp3) is 0.458. The molecule has 2 heterocycles. The lowest BCUT2D eigenvalue weighted by Gasteiger charge is -2.19. The molecule has 9 heteroatoms. The van der Waals surface area contributed by atoms with Gasteiger partial charge in [-0.05, 0) is 25.3 Å². The van der Waals surface area contributed by atoms with E-state index >= 15 is 0 Å². The number of thiazole rings is 1. The second kappa shape index (κ2) is 10.2. The Hall–Kier alpha value is -3.07. The summed E-state index contributed by atoms with van der Waals surface area (Å²) < 4.78 is 6.90. The molecule has 1 aliphatic heterocycles. The van der Waals surface area contributed by atoms with E-state index in [4.69, 9.17) is 4.74 Å². The van der Waals surface area contributed by atoms with E-state index in [-0.39, 0.29) is 36.6 Å². The number of carbonyl (C=O) groups is 4. The highest BCUT2D eigenvalue weighted by Crippen LogP contribution is 2.37. The van der Waals surface area contributed by atoms with Gasteiger partial charge in [0.1, 0.15) is 0 Å². The predicted octanol–water partition coefficient (Wildman–Crippen LogP) is 2.44. The number of aryl methyl sites for hydroxylation is 1. The van der Waals surface area contributed by atoms with Crippen LogP contribution in [0.1, 0.15) is 43.2 Å². The van der Waals surface area contributed by atoms with Gasteiger partial charge in [-0.15, -0.1) is 11.3 Å². The van der Waals surface area contributed by atoms with Crippen molar-refractivity contribution in [1.29, 1.82) is 0 Å². The first-order chi connectivity index (χ1) is 15.9. The molecule has 0 spiro atoms. The highest BCUT2D eigenvalue weighted by molar-refractivity contribution is 7.07. The summed E-state index contributed by atoms with van der Waals surface area (Å²) in [5.74, 6) is -2.03. The maximum atomic E-state index is 12.5. The van der Waals surface area contributed by atoms with Gasteiger partial charge in [0.15, 0.2) is 11.4 Å². The van der Waals surface area contributed by atoms with Gasteiger partial charge in [-0.1, -0.05) is 42.7 Å². The minimum atomic E-state index is -0.632. The average molecular weight is 470 g/mol. The molecule has 33 heavy (non-hydrogen) atoms. The average Bonchev–Trinajstić information content (AvgIpc) is 3.34. The monoisotopic (exact) mass is 469 g/mol. The number of hydrogen-bond donors (Lipinski definition) is 0. The number of aromatic nitrogens is 1. The molecule has 2 aliphatic rings. The molecule has 4 rings (SSSR count). The SMILES string of the molecule is Cc1ccc(Cn2ccsc2=NC(=O)COC(=O)CCN2C(=O)[C@H]3CCCC[C@@H]3C2=O)cc1. The van der Waals surface area contributed by atoms with Crippen LogP contribution in [0.15, 0.2) is 40.8 Å². The van der Waals surface area contributed by atoms with Crippen molar-refractivity contribution >= 4 is 35.0 Å². The van der Waals surface area contributed by atoms with Crippen molar-refractivity contribution in [2.24, 2.45) is 16.8 Å². The third kappa shape index (κ3) is 5.47. The zero-order chi connectivity index (χ0) is 23.4. The van der Waals surface area contributed by atoms with Crippen LogP contribution < -0.4 is 4.80 Å². The third-order valence-electron chi connectivity index (χ3n) is 6.18. The van der Waals surface area contributed by atoms with Gasteiger partial charge in [0, 0.05) is 24.7 Å². The minimum absolute atomic E-state index is 0.00366. The van der Waals surface area contributed by atoms with Crippen LogP contribution in [-0.4, -0.2) is 46.3 Å². The Kier molecular flexibility index (Phi) is 7.17. The predicted molar refractivity (Wildman–Crippen MR) is 121 cm³/mol. The van der Waals surface area contributed by atoms with Gasteiger partial charge in [0.2, 0.25) is 11.8 Å². The summed E-state index contributed by atoms with van der Waals surface area (Å²) in [7, 11) is 0. The molecular weight excluding hydrogens is 442 g/mol. The minimum Gasteiger partial charge on any atom is -0.455 e. The van der Waals surface area contributed by atoms with Gasteiger partial charge in [0.25, 0.3) is 5.91 Å². The van der Waals surface area contributed by atoms with E-state index in [2.05, 4.69) is 4.99 Å². The number of rotatable bonds is 7.